The number of carbonyl (C=O) groups is 1. The highest BCUT2D eigenvalue weighted by Gasteiger charge is 2.15. The molecule has 0 aliphatic carbocycles. The number of ether oxygens (including phenoxy) is 2. The second kappa shape index (κ2) is 5.07. The summed E-state index contributed by atoms with van der Waals surface area (Å²) in [5.74, 6) is -0.189. The summed E-state index contributed by atoms with van der Waals surface area (Å²) in [4.78, 5) is 23.4. The molecule has 0 aliphatic rings. The zero-order valence-corrected chi connectivity index (χ0v) is 12.0. The smallest absolute Gasteiger partial charge is 0.351 e. The van der Waals surface area contributed by atoms with Gasteiger partial charge in [0.25, 0.3) is 0 Å². The number of nitrogen functional groups attached to an aromatic ring is 1. The number of hydrogen-bond donors (Lipinski definition) is 1. The molecule has 3 rings (SSSR count). The lowest BCUT2D eigenvalue weighted by Gasteiger charge is -2.09. The summed E-state index contributed by atoms with van der Waals surface area (Å²) in [5.41, 5.74) is 5.94. The fourth-order valence-corrected chi connectivity index (χ4v) is 2.37. The maximum absolute atomic E-state index is 11.9. The lowest BCUT2D eigenvalue weighted by molar-refractivity contribution is 0.0596. The highest BCUT2D eigenvalue weighted by Crippen LogP contribution is 2.33. The molecule has 112 valence electrons. The molecule has 0 spiro atoms. The Labute approximate surface area is 125 Å². The first-order valence-corrected chi connectivity index (χ1v) is 6.47. The van der Waals surface area contributed by atoms with Gasteiger partial charge >= 0.3 is 11.6 Å². The van der Waals surface area contributed by atoms with Gasteiger partial charge in [-0.15, -0.1) is 0 Å². The Kier molecular flexibility index (Phi) is 3.21. The molecule has 0 saturated carbocycles. The van der Waals surface area contributed by atoms with Gasteiger partial charge in [-0.1, -0.05) is 6.07 Å². The molecule has 2 aromatic carbocycles. The summed E-state index contributed by atoms with van der Waals surface area (Å²) in [6, 6.07) is 8.49. The van der Waals surface area contributed by atoms with E-state index in [2.05, 4.69) is 4.74 Å². The Bertz CT molecular complexity index is 958. The number of hydrogen-bond acceptors (Lipinski definition) is 6. The van der Waals surface area contributed by atoms with Crippen LogP contribution in [-0.2, 0) is 4.74 Å². The van der Waals surface area contributed by atoms with Crippen molar-refractivity contribution in [1.82, 2.24) is 0 Å². The van der Waals surface area contributed by atoms with Crippen LogP contribution in [0.25, 0.3) is 21.7 Å². The van der Waals surface area contributed by atoms with Gasteiger partial charge in [0, 0.05) is 10.8 Å². The van der Waals surface area contributed by atoms with Crippen LogP contribution in [0, 0.1) is 0 Å². The molecular formula is C16H13NO5. The lowest BCUT2D eigenvalue weighted by Crippen LogP contribution is -2.14. The first-order valence-electron chi connectivity index (χ1n) is 6.47. The maximum Gasteiger partial charge on any atom is 0.351 e. The van der Waals surface area contributed by atoms with E-state index < -0.39 is 11.6 Å². The number of benzene rings is 2. The Hall–Kier alpha value is -3.02. The standard InChI is InChI=1S/C16H13NO5/c1-20-12-4-3-8-5-9-6-11(15(18)21-2)16(19)22-13(9)7-10(8)14(12)17/h3-7H,17H2,1-2H3. The Morgan fingerprint density at radius 2 is 1.91 bits per heavy atom. The van der Waals surface area contributed by atoms with Crippen molar-refractivity contribution < 1.29 is 18.7 Å². The second-order valence-electron chi connectivity index (χ2n) is 4.73. The molecule has 22 heavy (non-hydrogen) atoms. The highest BCUT2D eigenvalue weighted by molar-refractivity contribution is 6.04. The van der Waals surface area contributed by atoms with Crippen LogP contribution in [0.3, 0.4) is 0 Å². The molecule has 0 amide bonds. The van der Waals surface area contributed by atoms with Crippen LogP contribution in [-0.4, -0.2) is 20.2 Å². The molecule has 1 aromatic heterocycles. The van der Waals surface area contributed by atoms with Gasteiger partial charge < -0.3 is 19.6 Å². The zero-order valence-electron chi connectivity index (χ0n) is 12.0. The van der Waals surface area contributed by atoms with Gasteiger partial charge in [-0.25, -0.2) is 9.59 Å². The van der Waals surface area contributed by atoms with E-state index in [0.29, 0.717) is 27.8 Å². The Morgan fingerprint density at radius 1 is 1.14 bits per heavy atom. The number of anilines is 1. The zero-order chi connectivity index (χ0) is 15.9. The van der Waals surface area contributed by atoms with Crippen molar-refractivity contribution in [3.8, 4) is 5.75 Å². The van der Waals surface area contributed by atoms with Crippen LogP contribution in [0.4, 0.5) is 5.69 Å². The molecule has 0 aliphatic heterocycles. The van der Waals surface area contributed by atoms with Crippen LogP contribution >= 0.6 is 0 Å². The van der Waals surface area contributed by atoms with E-state index in [1.807, 2.05) is 6.07 Å². The molecular weight excluding hydrogens is 286 g/mol. The van der Waals surface area contributed by atoms with Crippen molar-refractivity contribution in [3.63, 3.8) is 0 Å². The van der Waals surface area contributed by atoms with Crippen LogP contribution < -0.4 is 16.1 Å². The Morgan fingerprint density at radius 3 is 2.59 bits per heavy atom. The van der Waals surface area contributed by atoms with Gasteiger partial charge in [-0.3, -0.25) is 0 Å². The molecule has 1 heterocycles. The molecule has 0 saturated heterocycles. The first kappa shape index (κ1) is 13.9. The first-order chi connectivity index (χ1) is 10.5. The van der Waals surface area contributed by atoms with E-state index in [0.717, 1.165) is 5.39 Å². The van der Waals surface area contributed by atoms with Crippen molar-refractivity contribution in [1.29, 1.82) is 0 Å². The van der Waals surface area contributed by atoms with Gasteiger partial charge in [0.2, 0.25) is 0 Å². The predicted molar refractivity (Wildman–Crippen MR) is 82.3 cm³/mol. The van der Waals surface area contributed by atoms with E-state index in [1.54, 1.807) is 18.2 Å². The van der Waals surface area contributed by atoms with E-state index in [4.69, 9.17) is 14.9 Å². The van der Waals surface area contributed by atoms with Crippen molar-refractivity contribution in [2.45, 2.75) is 0 Å². The lowest BCUT2D eigenvalue weighted by atomic mass is 10.0. The topological polar surface area (TPSA) is 91.8 Å². The summed E-state index contributed by atoms with van der Waals surface area (Å²) in [6.07, 6.45) is 0. The summed E-state index contributed by atoms with van der Waals surface area (Å²) < 4.78 is 14.9. The minimum Gasteiger partial charge on any atom is -0.495 e. The van der Waals surface area contributed by atoms with E-state index >= 15 is 0 Å². The Balaban J connectivity index is 2.35. The van der Waals surface area contributed by atoms with E-state index in [9.17, 15) is 9.59 Å². The van der Waals surface area contributed by atoms with E-state index in [-0.39, 0.29) is 5.56 Å². The van der Waals surface area contributed by atoms with Crippen molar-refractivity contribution in [3.05, 3.63) is 46.3 Å². The van der Waals surface area contributed by atoms with Crippen molar-refractivity contribution >= 4 is 33.4 Å². The minimum atomic E-state index is -0.750. The van der Waals surface area contributed by atoms with Gasteiger partial charge in [0.05, 0.1) is 19.9 Å². The molecule has 0 radical (unpaired) electrons. The predicted octanol–water partition coefficient (Wildman–Crippen LogP) is 2.32. The summed E-state index contributed by atoms with van der Waals surface area (Å²) in [7, 11) is 2.74. The van der Waals surface area contributed by atoms with Crippen molar-refractivity contribution in [2.24, 2.45) is 0 Å². The number of esters is 1. The van der Waals surface area contributed by atoms with Crippen LogP contribution in [0.2, 0.25) is 0 Å². The van der Waals surface area contributed by atoms with Gasteiger partial charge in [0.1, 0.15) is 16.9 Å². The summed E-state index contributed by atoms with van der Waals surface area (Å²) in [6.45, 7) is 0. The monoisotopic (exact) mass is 299 g/mol. The SMILES string of the molecule is COC(=O)c1cc2cc3ccc(OC)c(N)c3cc2oc1=O. The number of fused-ring (bicyclic) bond motifs is 2. The minimum absolute atomic E-state index is 0.143. The highest BCUT2D eigenvalue weighted by atomic mass is 16.5. The summed E-state index contributed by atoms with van der Waals surface area (Å²) >= 11 is 0. The largest absolute Gasteiger partial charge is 0.495 e. The molecule has 0 fully saturated rings. The third kappa shape index (κ3) is 2.05. The quantitative estimate of drug-likeness (QED) is 0.338. The molecule has 6 heteroatoms. The van der Waals surface area contributed by atoms with Gasteiger partial charge in [-0.2, -0.15) is 0 Å². The van der Waals surface area contributed by atoms with Crippen molar-refractivity contribution in [2.75, 3.05) is 20.0 Å². The third-order valence-corrected chi connectivity index (χ3v) is 3.50. The van der Waals surface area contributed by atoms with E-state index in [1.165, 1.54) is 20.3 Å². The molecule has 0 bridgehead atoms. The average molecular weight is 299 g/mol. The third-order valence-electron chi connectivity index (χ3n) is 3.50. The number of nitrogens with two attached hydrogens (primary N) is 1. The molecule has 6 nitrogen and oxygen atoms in total. The van der Waals surface area contributed by atoms with Crippen LogP contribution in [0.15, 0.2) is 39.5 Å². The fourth-order valence-electron chi connectivity index (χ4n) is 2.37. The van der Waals surface area contributed by atoms with Gasteiger partial charge in [-0.05, 0) is 29.7 Å². The summed E-state index contributed by atoms with van der Waals surface area (Å²) in [5, 5.41) is 2.16. The maximum atomic E-state index is 11.9. The number of rotatable bonds is 2. The molecule has 0 unspecified atom stereocenters. The number of carbonyl (C=O) groups excluding carboxylic acids is 1. The number of methoxy groups -OCH3 is 2. The average Bonchev–Trinajstić information content (AvgIpc) is 2.53. The molecule has 3 aromatic rings. The normalized spacial score (nSPS) is 10.8. The fraction of sp³-hybridized carbons (Fsp3) is 0.125. The second-order valence-corrected chi connectivity index (χ2v) is 4.73. The van der Waals surface area contributed by atoms with Crippen LogP contribution in [0.5, 0.6) is 5.75 Å². The molecule has 0 atom stereocenters. The van der Waals surface area contributed by atoms with Crippen LogP contribution in [0.1, 0.15) is 10.4 Å². The van der Waals surface area contributed by atoms with Gasteiger partial charge in [0.15, 0.2) is 0 Å². The molecule has 2 N–H and O–H groups in total.